The SMILES string of the molecule is CN(C)C(=O)[C@H]1CC[C@H](CC(=O)Nc2cnc(-c3ccc(C(C)(C)NC(=O)O)cc3)c(-c3ccccc3)c2)CC1. The fourth-order valence-electron chi connectivity index (χ4n) is 5.44. The van der Waals surface area contributed by atoms with E-state index >= 15 is 0 Å². The molecule has 40 heavy (non-hydrogen) atoms. The predicted octanol–water partition coefficient (Wildman–Crippen LogP) is 6.14. The number of hydrogen-bond donors (Lipinski definition) is 3. The Bertz CT molecular complexity index is 1350. The van der Waals surface area contributed by atoms with Gasteiger partial charge in [0.1, 0.15) is 0 Å². The number of carbonyl (C=O) groups is 3. The molecule has 210 valence electrons. The van der Waals surface area contributed by atoms with Crippen LogP contribution in [0, 0.1) is 11.8 Å². The molecule has 1 heterocycles. The molecule has 0 bridgehead atoms. The van der Waals surface area contributed by atoms with Crippen molar-refractivity contribution in [3.8, 4) is 22.4 Å². The molecular formula is C32H38N4O4. The number of carboxylic acid groups (broad SMARTS) is 1. The predicted molar refractivity (Wildman–Crippen MR) is 157 cm³/mol. The molecule has 0 saturated heterocycles. The number of carbonyl (C=O) groups excluding carboxylic acids is 2. The molecule has 1 fully saturated rings. The van der Waals surface area contributed by atoms with Crippen LogP contribution in [-0.4, -0.2) is 47.0 Å². The third kappa shape index (κ3) is 7.05. The van der Waals surface area contributed by atoms with Crippen molar-refractivity contribution < 1.29 is 19.5 Å². The molecule has 1 aliphatic carbocycles. The lowest BCUT2D eigenvalue weighted by Crippen LogP contribution is -2.39. The normalized spacial score (nSPS) is 17.1. The zero-order valence-electron chi connectivity index (χ0n) is 23.6. The van der Waals surface area contributed by atoms with E-state index in [-0.39, 0.29) is 23.7 Å². The van der Waals surface area contributed by atoms with Gasteiger partial charge in [-0.1, -0.05) is 54.6 Å². The van der Waals surface area contributed by atoms with Crippen LogP contribution in [0.4, 0.5) is 10.5 Å². The van der Waals surface area contributed by atoms with Crippen molar-refractivity contribution in [2.24, 2.45) is 11.8 Å². The average Bonchev–Trinajstić information content (AvgIpc) is 2.93. The van der Waals surface area contributed by atoms with Crippen LogP contribution in [0.1, 0.15) is 51.5 Å². The van der Waals surface area contributed by atoms with Crippen molar-refractivity contribution in [3.05, 3.63) is 72.4 Å². The average molecular weight is 543 g/mol. The molecule has 8 nitrogen and oxygen atoms in total. The van der Waals surface area contributed by atoms with E-state index in [0.717, 1.165) is 53.6 Å². The summed E-state index contributed by atoms with van der Waals surface area (Å²) >= 11 is 0. The minimum absolute atomic E-state index is 0.0477. The Morgan fingerprint density at radius 1 is 0.950 bits per heavy atom. The molecule has 1 aromatic heterocycles. The molecule has 3 N–H and O–H groups in total. The number of pyridine rings is 1. The van der Waals surface area contributed by atoms with Gasteiger partial charge in [0.2, 0.25) is 11.8 Å². The molecule has 1 saturated carbocycles. The van der Waals surface area contributed by atoms with Crippen LogP contribution in [0.25, 0.3) is 22.4 Å². The van der Waals surface area contributed by atoms with Gasteiger partial charge in [0.25, 0.3) is 0 Å². The van der Waals surface area contributed by atoms with E-state index in [1.54, 1.807) is 25.2 Å². The first-order chi connectivity index (χ1) is 19.0. The van der Waals surface area contributed by atoms with Crippen molar-refractivity contribution in [1.29, 1.82) is 0 Å². The highest BCUT2D eigenvalue weighted by atomic mass is 16.4. The molecule has 3 amide bonds. The van der Waals surface area contributed by atoms with Gasteiger partial charge in [-0.25, -0.2) is 4.79 Å². The van der Waals surface area contributed by atoms with Gasteiger partial charge >= 0.3 is 6.09 Å². The van der Waals surface area contributed by atoms with E-state index < -0.39 is 11.6 Å². The summed E-state index contributed by atoms with van der Waals surface area (Å²) in [6.45, 7) is 3.63. The van der Waals surface area contributed by atoms with Crippen LogP contribution in [0.5, 0.6) is 0 Å². The minimum Gasteiger partial charge on any atom is -0.465 e. The van der Waals surface area contributed by atoms with Crippen LogP contribution in [0.15, 0.2) is 66.9 Å². The second-order valence-corrected chi connectivity index (χ2v) is 11.3. The minimum atomic E-state index is -1.08. The summed E-state index contributed by atoms with van der Waals surface area (Å²) in [5.41, 5.74) is 4.24. The van der Waals surface area contributed by atoms with Crippen molar-refractivity contribution in [2.75, 3.05) is 19.4 Å². The van der Waals surface area contributed by atoms with Crippen molar-refractivity contribution in [2.45, 2.75) is 51.5 Å². The fraction of sp³-hybridized carbons (Fsp3) is 0.375. The van der Waals surface area contributed by atoms with Crippen molar-refractivity contribution >= 4 is 23.6 Å². The number of nitrogens with zero attached hydrogens (tertiary/aromatic N) is 2. The van der Waals surface area contributed by atoms with Crippen LogP contribution in [0.2, 0.25) is 0 Å². The number of rotatable bonds is 8. The van der Waals surface area contributed by atoms with Gasteiger partial charge in [0.15, 0.2) is 0 Å². The second-order valence-electron chi connectivity index (χ2n) is 11.3. The largest absolute Gasteiger partial charge is 0.465 e. The first kappa shape index (κ1) is 28.8. The third-order valence-corrected chi connectivity index (χ3v) is 7.67. The maximum Gasteiger partial charge on any atom is 0.405 e. The van der Waals surface area contributed by atoms with Crippen LogP contribution in [0.3, 0.4) is 0 Å². The van der Waals surface area contributed by atoms with Crippen molar-refractivity contribution in [1.82, 2.24) is 15.2 Å². The van der Waals surface area contributed by atoms with E-state index in [2.05, 4.69) is 10.6 Å². The van der Waals surface area contributed by atoms with E-state index in [9.17, 15) is 14.4 Å². The Hall–Kier alpha value is -4.20. The Balaban J connectivity index is 1.50. The summed E-state index contributed by atoms with van der Waals surface area (Å²) in [6, 6.07) is 19.5. The summed E-state index contributed by atoms with van der Waals surface area (Å²) in [5.74, 6) is 0.463. The monoisotopic (exact) mass is 542 g/mol. The van der Waals surface area contributed by atoms with Gasteiger partial charge in [-0.2, -0.15) is 0 Å². The maximum absolute atomic E-state index is 13.0. The van der Waals surface area contributed by atoms with Crippen LogP contribution < -0.4 is 10.6 Å². The first-order valence-electron chi connectivity index (χ1n) is 13.7. The second kappa shape index (κ2) is 12.3. The molecule has 4 rings (SSSR count). The molecule has 1 aliphatic rings. The van der Waals surface area contributed by atoms with Gasteiger partial charge in [-0.15, -0.1) is 0 Å². The molecule has 2 aromatic carbocycles. The molecule has 8 heteroatoms. The van der Waals surface area contributed by atoms with E-state index in [1.807, 2.05) is 74.5 Å². The summed E-state index contributed by atoms with van der Waals surface area (Å²) in [6.07, 6.45) is 4.42. The number of amides is 3. The summed E-state index contributed by atoms with van der Waals surface area (Å²) in [4.78, 5) is 42.8. The summed E-state index contributed by atoms with van der Waals surface area (Å²) in [5, 5.41) is 14.7. The van der Waals surface area contributed by atoms with Gasteiger partial charge < -0.3 is 20.6 Å². The number of aromatic nitrogens is 1. The van der Waals surface area contributed by atoms with Gasteiger partial charge in [0.05, 0.1) is 23.1 Å². The zero-order valence-corrected chi connectivity index (χ0v) is 23.6. The summed E-state index contributed by atoms with van der Waals surface area (Å²) in [7, 11) is 3.58. The number of benzene rings is 2. The molecule has 0 spiro atoms. The zero-order chi connectivity index (χ0) is 28.9. The molecule has 0 radical (unpaired) electrons. The Morgan fingerprint density at radius 3 is 2.20 bits per heavy atom. The summed E-state index contributed by atoms with van der Waals surface area (Å²) < 4.78 is 0. The highest BCUT2D eigenvalue weighted by Crippen LogP contribution is 2.35. The highest BCUT2D eigenvalue weighted by molar-refractivity contribution is 5.93. The van der Waals surface area contributed by atoms with Crippen molar-refractivity contribution in [3.63, 3.8) is 0 Å². The number of anilines is 1. The standard InChI is InChI=1S/C32H38N4O4/c1-32(2,35-31(39)40)25-16-14-23(15-17-25)29-27(22-8-6-5-7-9-22)19-26(20-33-29)34-28(37)18-21-10-12-24(13-11-21)30(38)36(3)4/h5-9,14-17,19-21,24,35H,10-13,18H2,1-4H3,(H,34,37)(H,39,40)/t21-,24-. The molecular weight excluding hydrogens is 504 g/mol. The first-order valence-corrected chi connectivity index (χ1v) is 13.7. The van der Waals surface area contributed by atoms with Gasteiger partial charge in [-0.05, 0) is 62.6 Å². The van der Waals surface area contributed by atoms with E-state index in [4.69, 9.17) is 10.1 Å². The quantitative estimate of drug-likeness (QED) is 0.317. The topological polar surface area (TPSA) is 112 Å². The molecule has 0 atom stereocenters. The lowest BCUT2D eigenvalue weighted by Gasteiger charge is -2.29. The van der Waals surface area contributed by atoms with E-state index in [0.29, 0.717) is 12.1 Å². The Kier molecular flexibility index (Phi) is 8.87. The lowest BCUT2D eigenvalue weighted by molar-refractivity contribution is -0.134. The molecule has 3 aromatic rings. The Labute approximate surface area is 235 Å². The van der Waals surface area contributed by atoms with Gasteiger partial charge in [0, 0.05) is 37.6 Å². The fourth-order valence-corrected chi connectivity index (χ4v) is 5.44. The number of nitrogens with one attached hydrogen (secondary N) is 2. The smallest absolute Gasteiger partial charge is 0.405 e. The highest BCUT2D eigenvalue weighted by Gasteiger charge is 2.28. The molecule has 0 aliphatic heterocycles. The third-order valence-electron chi connectivity index (χ3n) is 7.67. The van der Waals surface area contributed by atoms with E-state index in [1.165, 1.54) is 0 Å². The number of hydrogen-bond acceptors (Lipinski definition) is 4. The maximum atomic E-state index is 13.0. The van der Waals surface area contributed by atoms with Crippen LogP contribution >= 0.6 is 0 Å². The van der Waals surface area contributed by atoms with Crippen LogP contribution in [-0.2, 0) is 15.1 Å². The van der Waals surface area contributed by atoms with Gasteiger partial charge in [-0.3, -0.25) is 14.6 Å². The Morgan fingerprint density at radius 2 is 1.60 bits per heavy atom. The molecule has 0 unspecified atom stereocenters. The lowest BCUT2D eigenvalue weighted by atomic mass is 9.80.